The standard InChI is InChI=1S/C13H19N4O7P/c1-6(2)24-25(21,22)12-8-11(14-4-15-12)17(5-16-8)13-10(20)9(19)7(3-18)23-13/h4-7,9-10,13,18-20H,3H2,1-2H3,(H,21,22)/t7-,9-,10-,13-/m1/s1. The summed E-state index contributed by atoms with van der Waals surface area (Å²) in [4.78, 5) is 22.0. The van der Waals surface area contributed by atoms with Crippen molar-refractivity contribution in [2.75, 3.05) is 6.61 Å². The highest BCUT2D eigenvalue weighted by atomic mass is 31.2. The Labute approximate surface area is 142 Å². The first kappa shape index (κ1) is 18.3. The van der Waals surface area contributed by atoms with Gasteiger partial charge in [-0.3, -0.25) is 9.13 Å². The molecule has 0 aromatic carbocycles. The van der Waals surface area contributed by atoms with Crippen LogP contribution in [0.2, 0.25) is 0 Å². The van der Waals surface area contributed by atoms with Crippen molar-refractivity contribution < 1.29 is 34.0 Å². The molecule has 0 aliphatic carbocycles. The first-order valence-electron chi connectivity index (χ1n) is 7.58. The Balaban J connectivity index is 2.04. The number of hydrogen-bond acceptors (Lipinski definition) is 9. The van der Waals surface area contributed by atoms with Crippen molar-refractivity contribution in [3.63, 3.8) is 0 Å². The van der Waals surface area contributed by atoms with E-state index < -0.39 is 44.8 Å². The molecule has 25 heavy (non-hydrogen) atoms. The minimum atomic E-state index is -4.23. The van der Waals surface area contributed by atoms with Gasteiger partial charge in [-0.05, 0) is 13.8 Å². The van der Waals surface area contributed by atoms with Crippen molar-refractivity contribution >= 4 is 24.2 Å². The highest BCUT2D eigenvalue weighted by molar-refractivity contribution is 7.61. The molecule has 3 rings (SSSR count). The predicted molar refractivity (Wildman–Crippen MR) is 84.0 cm³/mol. The molecule has 1 saturated heterocycles. The Bertz CT molecular complexity index is 813. The molecule has 1 fully saturated rings. The van der Waals surface area contributed by atoms with Crippen LogP contribution >= 0.6 is 7.60 Å². The van der Waals surface area contributed by atoms with Crippen LogP contribution in [-0.4, -0.2) is 70.8 Å². The first-order chi connectivity index (χ1) is 11.8. The third-order valence-electron chi connectivity index (χ3n) is 3.75. The van der Waals surface area contributed by atoms with Gasteiger partial charge in [0.15, 0.2) is 17.3 Å². The maximum atomic E-state index is 12.4. The second-order valence-corrected chi connectivity index (χ2v) is 7.60. The van der Waals surface area contributed by atoms with Gasteiger partial charge in [-0.1, -0.05) is 0 Å². The lowest BCUT2D eigenvalue weighted by atomic mass is 10.1. The summed E-state index contributed by atoms with van der Waals surface area (Å²) in [6.07, 6.45) is -2.84. The number of aliphatic hydroxyl groups is 3. The molecule has 2 aromatic heterocycles. The van der Waals surface area contributed by atoms with Crippen LogP contribution in [0, 0.1) is 0 Å². The quantitative estimate of drug-likeness (QED) is 0.462. The van der Waals surface area contributed by atoms with Gasteiger partial charge in [0, 0.05) is 0 Å². The van der Waals surface area contributed by atoms with Crippen LogP contribution in [0.1, 0.15) is 20.1 Å². The predicted octanol–water partition coefficient (Wildman–Crippen LogP) is -1.33. The monoisotopic (exact) mass is 374 g/mol. The Hall–Kier alpha value is -1.46. The lowest BCUT2D eigenvalue weighted by Gasteiger charge is -2.17. The van der Waals surface area contributed by atoms with Crippen LogP contribution in [0.15, 0.2) is 12.7 Å². The maximum absolute atomic E-state index is 12.4. The number of fused-ring (bicyclic) bond motifs is 1. The van der Waals surface area contributed by atoms with E-state index >= 15 is 0 Å². The van der Waals surface area contributed by atoms with Crippen LogP contribution < -0.4 is 5.44 Å². The van der Waals surface area contributed by atoms with Crippen LogP contribution in [0.4, 0.5) is 0 Å². The number of hydrogen-bond donors (Lipinski definition) is 4. The third-order valence-corrected chi connectivity index (χ3v) is 5.32. The molecule has 12 heteroatoms. The van der Waals surface area contributed by atoms with Crippen molar-refractivity contribution in [3.05, 3.63) is 12.7 Å². The minimum absolute atomic E-state index is 0.0201. The van der Waals surface area contributed by atoms with Gasteiger partial charge in [-0.15, -0.1) is 0 Å². The number of aliphatic hydroxyl groups excluding tert-OH is 3. The van der Waals surface area contributed by atoms with Gasteiger partial charge < -0.3 is 29.5 Å². The summed E-state index contributed by atoms with van der Waals surface area (Å²) >= 11 is 0. The molecule has 4 N–H and O–H groups in total. The van der Waals surface area contributed by atoms with Crippen LogP contribution in [0.5, 0.6) is 0 Å². The van der Waals surface area contributed by atoms with Gasteiger partial charge in [-0.2, -0.15) is 0 Å². The molecular formula is C13H19N4O7P. The van der Waals surface area contributed by atoms with Gasteiger partial charge in [-0.25, -0.2) is 15.0 Å². The molecular weight excluding hydrogens is 355 g/mol. The Morgan fingerprint density at radius 2 is 2.04 bits per heavy atom. The van der Waals surface area contributed by atoms with Crippen LogP contribution in [0.25, 0.3) is 11.2 Å². The van der Waals surface area contributed by atoms with E-state index in [-0.39, 0.29) is 16.6 Å². The number of imidazole rings is 1. The van der Waals surface area contributed by atoms with Crippen LogP contribution in [-0.2, 0) is 13.8 Å². The molecule has 1 unspecified atom stereocenters. The average molecular weight is 374 g/mol. The summed E-state index contributed by atoms with van der Waals surface area (Å²) in [6.45, 7) is 2.74. The molecule has 0 bridgehead atoms. The summed E-state index contributed by atoms with van der Waals surface area (Å²) in [5.41, 5.74) is -0.120. The summed E-state index contributed by atoms with van der Waals surface area (Å²) < 4.78 is 24.2. The molecule has 5 atom stereocenters. The fraction of sp³-hybridized carbons (Fsp3) is 0.615. The van der Waals surface area contributed by atoms with Gasteiger partial charge in [0.1, 0.15) is 30.2 Å². The van der Waals surface area contributed by atoms with E-state index in [1.54, 1.807) is 13.8 Å². The summed E-state index contributed by atoms with van der Waals surface area (Å²) in [5, 5.41) is 29.2. The largest absolute Gasteiger partial charge is 0.394 e. The van der Waals surface area contributed by atoms with E-state index in [1.165, 1.54) is 10.9 Å². The highest BCUT2D eigenvalue weighted by Gasteiger charge is 2.44. The topological polar surface area (TPSA) is 160 Å². The molecule has 138 valence electrons. The van der Waals surface area contributed by atoms with E-state index in [0.29, 0.717) is 0 Å². The molecule has 11 nitrogen and oxygen atoms in total. The normalized spacial score (nSPS) is 29.4. The van der Waals surface area contributed by atoms with E-state index in [0.717, 1.165) is 6.33 Å². The van der Waals surface area contributed by atoms with Crippen LogP contribution in [0.3, 0.4) is 0 Å². The molecule has 1 aliphatic heterocycles. The molecule has 0 spiro atoms. The molecule has 1 aliphatic rings. The first-order valence-corrected chi connectivity index (χ1v) is 9.15. The molecule has 0 radical (unpaired) electrons. The molecule has 0 saturated carbocycles. The lowest BCUT2D eigenvalue weighted by Crippen LogP contribution is -2.33. The maximum Gasteiger partial charge on any atom is 0.379 e. The fourth-order valence-electron chi connectivity index (χ4n) is 2.68. The van der Waals surface area contributed by atoms with Crippen molar-refractivity contribution in [1.29, 1.82) is 0 Å². The smallest absolute Gasteiger partial charge is 0.379 e. The Morgan fingerprint density at radius 1 is 1.32 bits per heavy atom. The average Bonchev–Trinajstić information content (AvgIpc) is 3.08. The van der Waals surface area contributed by atoms with Gasteiger partial charge in [0.2, 0.25) is 0 Å². The zero-order chi connectivity index (χ0) is 18.4. The van der Waals surface area contributed by atoms with Crippen molar-refractivity contribution in [3.8, 4) is 0 Å². The number of nitrogens with zero attached hydrogens (tertiary/aromatic N) is 4. The molecule has 3 heterocycles. The van der Waals surface area contributed by atoms with Gasteiger partial charge in [0.05, 0.1) is 19.0 Å². The van der Waals surface area contributed by atoms with Crippen molar-refractivity contribution in [1.82, 2.24) is 19.5 Å². The zero-order valence-electron chi connectivity index (χ0n) is 13.5. The van der Waals surface area contributed by atoms with E-state index in [2.05, 4.69) is 15.0 Å². The summed E-state index contributed by atoms with van der Waals surface area (Å²) in [5.74, 6) is 0. The second kappa shape index (κ2) is 6.69. The van der Waals surface area contributed by atoms with Gasteiger partial charge in [0.25, 0.3) is 0 Å². The number of ether oxygens (including phenoxy) is 1. The van der Waals surface area contributed by atoms with Gasteiger partial charge >= 0.3 is 7.60 Å². The third kappa shape index (κ3) is 3.20. The fourth-order valence-corrected chi connectivity index (χ4v) is 3.97. The minimum Gasteiger partial charge on any atom is -0.394 e. The Morgan fingerprint density at radius 3 is 2.64 bits per heavy atom. The molecule has 0 amide bonds. The van der Waals surface area contributed by atoms with E-state index in [4.69, 9.17) is 9.26 Å². The highest BCUT2D eigenvalue weighted by Crippen LogP contribution is 2.43. The van der Waals surface area contributed by atoms with Crippen molar-refractivity contribution in [2.45, 2.75) is 44.5 Å². The Kier molecular flexibility index (Phi) is 4.91. The van der Waals surface area contributed by atoms with E-state index in [1.807, 2.05) is 0 Å². The molecule has 2 aromatic rings. The van der Waals surface area contributed by atoms with E-state index in [9.17, 15) is 24.8 Å². The lowest BCUT2D eigenvalue weighted by molar-refractivity contribution is -0.0511. The summed E-state index contributed by atoms with van der Waals surface area (Å²) in [7, 11) is -4.23. The second-order valence-electron chi connectivity index (χ2n) is 5.92. The SMILES string of the molecule is CC(C)OP(=O)(O)c1ncnc2c1ncn2[C@@H]1O[C@H](CO)[C@@H](O)[C@H]1O. The zero-order valence-corrected chi connectivity index (χ0v) is 14.4. The van der Waals surface area contributed by atoms with Crippen molar-refractivity contribution in [2.24, 2.45) is 0 Å². The summed E-state index contributed by atoms with van der Waals surface area (Å²) in [6, 6.07) is 0. The number of aromatic nitrogens is 4. The number of rotatable bonds is 5.